The van der Waals surface area contributed by atoms with Crippen LogP contribution in [0.5, 0.6) is 0 Å². The van der Waals surface area contributed by atoms with E-state index in [9.17, 15) is 14.4 Å². The third-order valence-electron chi connectivity index (χ3n) is 5.64. The van der Waals surface area contributed by atoms with E-state index in [0.29, 0.717) is 38.6 Å². The van der Waals surface area contributed by atoms with Crippen molar-refractivity contribution in [2.75, 3.05) is 26.3 Å². The Morgan fingerprint density at radius 3 is 2.41 bits per heavy atom. The second kappa shape index (κ2) is 9.29. The predicted molar refractivity (Wildman–Crippen MR) is 108 cm³/mol. The molecule has 1 aliphatic heterocycles. The number of aromatic nitrogens is 1. The first-order chi connectivity index (χ1) is 13.9. The molecule has 3 rings (SSSR count). The van der Waals surface area contributed by atoms with Crippen LogP contribution in [0, 0.1) is 19.8 Å². The summed E-state index contributed by atoms with van der Waals surface area (Å²) in [6.45, 7) is 6.95. The number of carbonyl (C=O) groups excluding carboxylic acids is 3. The number of hydrogen-bond donors (Lipinski definition) is 0. The summed E-state index contributed by atoms with van der Waals surface area (Å²) < 4.78 is 12.5. The van der Waals surface area contributed by atoms with E-state index in [1.165, 1.54) is 24.6 Å². The van der Waals surface area contributed by atoms with Crippen molar-refractivity contribution < 1.29 is 23.9 Å². The summed E-state index contributed by atoms with van der Waals surface area (Å²) in [7, 11) is 0. The van der Waals surface area contributed by atoms with Crippen LogP contribution >= 0.6 is 0 Å². The summed E-state index contributed by atoms with van der Waals surface area (Å²) in [6, 6.07) is 2.66. The van der Waals surface area contributed by atoms with Gasteiger partial charge >= 0.3 is 11.9 Å². The molecule has 2 fully saturated rings. The highest BCUT2D eigenvalue weighted by Crippen LogP contribution is 2.38. The van der Waals surface area contributed by atoms with Crippen molar-refractivity contribution in [3.8, 4) is 0 Å². The van der Waals surface area contributed by atoms with E-state index < -0.39 is 5.97 Å². The number of carbonyl (C=O) groups is 3. The van der Waals surface area contributed by atoms with Gasteiger partial charge in [-0.1, -0.05) is 0 Å². The average Bonchev–Trinajstić information content (AvgIpc) is 3.50. The maximum absolute atomic E-state index is 12.3. The number of ether oxygens (including phenoxy) is 2. The number of nitrogens with zero attached hydrogens (tertiary/aromatic N) is 2. The molecule has 1 aromatic heterocycles. The molecule has 7 heteroatoms. The number of likely N-dealkylation sites (tertiary alicyclic amines) is 1. The van der Waals surface area contributed by atoms with Gasteiger partial charge in [-0.15, -0.1) is 0 Å². The van der Waals surface area contributed by atoms with Gasteiger partial charge < -0.3 is 18.9 Å². The van der Waals surface area contributed by atoms with Crippen molar-refractivity contribution in [2.24, 2.45) is 5.92 Å². The zero-order valence-corrected chi connectivity index (χ0v) is 17.5. The molecular formula is C22H30N2O5. The lowest BCUT2D eigenvalue weighted by atomic mass is 9.97. The monoisotopic (exact) mass is 402 g/mol. The highest BCUT2D eigenvalue weighted by molar-refractivity contribution is 5.89. The summed E-state index contributed by atoms with van der Waals surface area (Å²) in [5.41, 5.74) is 3.34. The molecule has 0 atom stereocenters. The van der Waals surface area contributed by atoms with Gasteiger partial charge in [0, 0.05) is 36.6 Å². The van der Waals surface area contributed by atoms with Gasteiger partial charge in [-0.25, -0.2) is 4.79 Å². The normalized spacial score (nSPS) is 17.6. The van der Waals surface area contributed by atoms with E-state index in [1.807, 2.05) is 0 Å². The number of hydrogen-bond acceptors (Lipinski definition) is 5. The summed E-state index contributed by atoms with van der Waals surface area (Å²) in [6.07, 6.45) is 6.70. The maximum atomic E-state index is 12.3. The zero-order chi connectivity index (χ0) is 21.0. The first kappa shape index (κ1) is 21.1. The Hall–Kier alpha value is -2.57. The van der Waals surface area contributed by atoms with Gasteiger partial charge in [0.25, 0.3) is 5.91 Å². The zero-order valence-electron chi connectivity index (χ0n) is 17.5. The lowest BCUT2D eigenvalue weighted by Crippen LogP contribution is -2.42. The Morgan fingerprint density at radius 1 is 1.10 bits per heavy atom. The molecule has 1 saturated carbocycles. The second-order valence-electron chi connectivity index (χ2n) is 7.78. The number of amides is 1. The fourth-order valence-corrected chi connectivity index (χ4v) is 3.92. The van der Waals surface area contributed by atoms with E-state index in [4.69, 9.17) is 9.47 Å². The van der Waals surface area contributed by atoms with Crippen molar-refractivity contribution >= 4 is 23.9 Å². The summed E-state index contributed by atoms with van der Waals surface area (Å²) >= 11 is 0. The third kappa shape index (κ3) is 5.28. The van der Waals surface area contributed by atoms with E-state index >= 15 is 0 Å². The Kier molecular flexibility index (Phi) is 6.77. The summed E-state index contributed by atoms with van der Waals surface area (Å²) in [4.78, 5) is 37.7. The molecular weight excluding hydrogens is 372 g/mol. The highest BCUT2D eigenvalue weighted by atomic mass is 16.5. The fourth-order valence-electron chi connectivity index (χ4n) is 3.92. The molecule has 0 unspecified atom stereocenters. The topological polar surface area (TPSA) is 77.8 Å². The van der Waals surface area contributed by atoms with E-state index in [0.717, 1.165) is 11.3 Å². The number of aryl methyl sites for hydroxylation is 1. The highest BCUT2D eigenvalue weighted by Gasteiger charge is 2.28. The minimum atomic E-state index is -0.531. The molecule has 2 heterocycles. The third-order valence-corrected chi connectivity index (χ3v) is 5.64. The predicted octanol–water partition coefficient (Wildman–Crippen LogP) is 2.80. The molecule has 29 heavy (non-hydrogen) atoms. The van der Waals surface area contributed by atoms with Gasteiger partial charge in [0.15, 0.2) is 6.61 Å². The van der Waals surface area contributed by atoms with Crippen LogP contribution < -0.4 is 0 Å². The van der Waals surface area contributed by atoms with Gasteiger partial charge in [0.2, 0.25) is 0 Å². The van der Waals surface area contributed by atoms with E-state index in [-0.39, 0.29) is 24.4 Å². The van der Waals surface area contributed by atoms with Crippen molar-refractivity contribution in [3.05, 3.63) is 29.1 Å². The number of rotatable bonds is 7. The van der Waals surface area contributed by atoms with Gasteiger partial charge in [0.05, 0.1) is 12.5 Å². The van der Waals surface area contributed by atoms with Crippen LogP contribution in [0.25, 0.3) is 6.08 Å². The number of esters is 2. The summed E-state index contributed by atoms with van der Waals surface area (Å²) in [5, 5.41) is 0. The first-order valence-corrected chi connectivity index (χ1v) is 10.4. The molecule has 158 valence electrons. The molecule has 1 aliphatic carbocycles. The van der Waals surface area contributed by atoms with Crippen LogP contribution in [-0.4, -0.2) is 53.6 Å². The van der Waals surface area contributed by atoms with Crippen LogP contribution in [0.1, 0.15) is 55.6 Å². The fraction of sp³-hybridized carbons (Fsp3) is 0.591. The lowest BCUT2D eigenvalue weighted by Gasteiger charge is -2.30. The first-order valence-electron chi connectivity index (χ1n) is 10.4. The second-order valence-corrected chi connectivity index (χ2v) is 7.78. The van der Waals surface area contributed by atoms with Gasteiger partial charge in [-0.3, -0.25) is 9.59 Å². The Balaban J connectivity index is 1.44. The smallest absolute Gasteiger partial charge is 0.331 e. The largest absolute Gasteiger partial charge is 0.466 e. The molecule has 0 radical (unpaired) electrons. The van der Waals surface area contributed by atoms with Crippen LogP contribution in [-0.2, 0) is 23.9 Å². The van der Waals surface area contributed by atoms with E-state index in [2.05, 4.69) is 24.5 Å². The van der Waals surface area contributed by atoms with Crippen molar-refractivity contribution in [3.63, 3.8) is 0 Å². The Morgan fingerprint density at radius 2 is 1.79 bits per heavy atom. The molecule has 0 bridgehead atoms. The average molecular weight is 402 g/mol. The standard InChI is InChI=1S/C22H30N2O5/c1-4-28-22(27)17-9-11-23(12-10-17)20(25)14-29-21(26)8-5-18-13-15(2)24(16(18)3)19-6-7-19/h5,8,13,17,19H,4,6-7,9-12,14H2,1-3H3/b8-5+. The quantitative estimate of drug-likeness (QED) is 0.518. The number of piperidine rings is 1. The van der Waals surface area contributed by atoms with Crippen molar-refractivity contribution in [2.45, 2.75) is 52.5 Å². The minimum absolute atomic E-state index is 0.154. The molecule has 0 aromatic carbocycles. The molecule has 1 saturated heterocycles. The minimum Gasteiger partial charge on any atom is -0.466 e. The summed E-state index contributed by atoms with van der Waals surface area (Å²) in [5.74, 6) is -1.12. The SMILES string of the molecule is CCOC(=O)C1CCN(C(=O)COC(=O)/C=C/c2cc(C)n(C3CC3)c2C)CC1. The molecule has 0 N–H and O–H groups in total. The van der Waals surface area contributed by atoms with Gasteiger partial charge in [-0.05, 0) is 64.2 Å². The lowest BCUT2D eigenvalue weighted by molar-refractivity contribution is -0.153. The van der Waals surface area contributed by atoms with Gasteiger partial charge in [-0.2, -0.15) is 0 Å². The Labute approximate surface area is 171 Å². The van der Waals surface area contributed by atoms with Crippen LogP contribution in [0.4, 0.5) is 0 Å². The van der Waals surface area contributed by atoms with E-state index in [1.54, 1.807) is 17.9 Å². The van der Waals surface area contributed by atoms with Crippen molar-refractivity contribution in [1.82, 2.24) is 9.47 Å². The molecule has 1 amide bonds. The Bertz CT molecular complexity index is 798. The molecule has 7 nitrogen and oxygen atoms in total. The van der Waals surface area contributed by atoms with Crippen LogP contribution in [0.3, 0.4) is 0 Å². The maximum Gasteiger partial charge on any atom is 0.331 e. The van der Waals surface area contributed by atoms with Crippen molar-refractivity contribution in [1.29, 1.82) is 0 Å². The molecule has 2 aliphatic rings. The van der Waals surface area contributed by atoms with Crippen LogP contribution in [0.2, 0.25) is 0 Å². The molecule has 1 aromatic rings. The van der Waals surface area contributed by atoms with Crippen LogP contribution in [0.15, 0.2) is 12.1 Å². The molecule has 0 spiro atoms. The van der Waals surface area contributed by atoms with Gasteiger partial charge in [0.1, 0.15) is 0 Å².